The highest BCUT2D eigenvalue weighted by molar-refractivity contribution is 6.03. The van der Waals surface area contributed by atoms with Crippen LogP contribution < -0.4 is 0 Å². The number of carbonyl (C=O) groups excluding carboxylic acids is 1. The van der Waals surface area contributed by atoms with E-state index in [0.717, 1.165) is 16.7 Å². The molecule has 0 radical (unpaired) electrons. The standard InChI is InChI=1S/C18H14O2/c1-13-6-5-7-14(10-13)11-17-16(12-18(19)20-17)15-8-3-2-4-9-15/h2-12H,1H3/b17-11-. The second kappa shape index (κ2) is 5.17. The molecule has 0 unspecified atom stereocenters. The lowest BCUT2D eigenvalue weighted by atomic mass is 10.0. The van der Waals surface area contributed by atoms with E-state index in [1.807, 2.05) is 61.5 Å². The van der Waals surface area contributed by atoms with Gasteiger partial charge in [0.1, 0.15) is 5.76 Å². The normalized spacial score (nSPS) is 16.1. The highest BCUT2D eigenvalue weighted by Gasteiger charge is 2.21. The number of carbonyl (C=O) groups is 1. The summed E-state index contributed by atoms with van der Waals surface area (Å²) in [7, 11) is 0. The summed E-state index contributed by atoms with van der Waals surface area (Å²) in [5, 5.41) is 0. The third kappa shape index (κ3) is 2.54. The van der Waals surface area contributed by atoms with Crippen molar-refractivity contribution in [1.82, 2.24) is 0 Å². The zero-order chi connectivity index (χ0) is 13.9. The third-order valence-corrected chi connectivity index (χ3v) is 3.16. The van der Waals surface area contributed by atoms with Crippen molar-refractivity contribution in [1.29, 1.82) is 0 Å². The van der Waals surface area contributed by atoms with Gasteiger partial charge in [-0.3, -0.25) is 0 Å². The third-order valence-electron chi connectivity index (χ3n) is 3.16. The monoisotopic (exact) mass is 262 g/mol. The molecule has 0 saturated heterocycles. The van der Waals surface area contributed by atoms with E-state index >= 15 is 0 Å². The topological polar surface area (TPSA) is 26.3 Å². The molecule has 0 N–H and O–H groups in total. The van der Waals surface area contributed by atoms with Crippen LogP contribution in [0.15, 0.2) is 66.4 Å². The van der Waals surface area contributed by atoms with Gasteiger partial charge in [0.15, 0.2) is 0 Å². The molecule has 2 aromatic rings. The average molecular weight is 262 g/mol. The summed E-state index contributed by atoms with van der Waals surface area (Å²) < 4.78 is 5.30. The molecule has 0 atom stereocenters. The molecular weight excluding hydrogens is 248 g/mol. The molecular formula is C18H14O2. The van der Waals surface area contributed by atoms with E-state index in [1.165, 1.54) is 11.6 Å². The van der Waals surface area contributed by atoms with Crippen LogP contribution in [0.1, 0.15) is 16.7 Å². The van der Waals surface area contributed by atoms with Crippen LogP contribution in [0.3, 0.4) is 0 Å². The highest BCUT2D eigenvalue weighted by atomic mass is 16.5. The Hall–Kier alpha value is -2.61. The van der Waals surface area contributed by atoms with Gasteiger partial charge in [0, 0.05) is 11.6 Å². The number of allylic oxidation sites excluding steroid dienone is 1. The summed E-state index contributed by atoms with van der Waals surface area (Å²) in [5.74, 6) is 0.287. The summed E-state index contributed by atoms with van der Waals surface area (Å²) in [4.78, 5) is 11.6. The molecule has 0 fully saturated rings. The predicted molar refractivity (Wildman–Crippen MR) is 79.7 cm³/mol. The van der Waals surface area contributed by atoms with E-state index in [0.29, 0.717) is 5.76 Å². The van der Waals surface area contributed by atoms with E-state index in [4.69, 9.17) is 4.74 Å². The lowest BCUT2D eigenvalue weighted by molar-refractivity contribution is -0.132. The van der Waals surface area contributed by atoms with Crippen LogP contribution in [0, 0.1) is 6.92 Å². The van der Waals surface area contributed by atoms with Gasteiger partial charge < -0.3 is 4.74 Å². The lowest BCUT2D eigenvalue weighted by Gasteiger charge is -2.05. The molecule has 0 spiro atoms. The van der Waals surface area contributed by atoms with Gasteiger partial charge in [0.25, 0.3) is 0 Å². The van der Waals surface area contributed by atoms with Gasteiger partial charge in [0.05, 0.1) is 0 Å². The van der Waals surface area contributed by atoms with Crippen molar-refractivity contribution in [3.63, 3.8) is 0 Å². The smallest absolute Gasteiger partial charge is 0.336 e. The molecule has 3 rings (SSSR count). The molecule has 0 bridgehead atoms. The minimum atomic E-state index is -0.317. The molecule has 20 heavy (non-hydrogen) atoms. The van der Waals surface area contributed by atoms with Crippen LogP contribution >= 0.6 is 0 Å². The molecule has 0 saturated carbocycles. The van der Waals surface area contributed by atoms with E-state index in [1.54, 1.807) is 0 Å². The fourth-order valence-electron chi connectivity index (χ4n) is 2.24. The van der Waals surface area contributed by atoms with Crippen LogP contribution in [0.4, 0.5) is 0 Å². The van der Waals surface area contributed by atoms with Gasteiger partial charge >= 0.3 is 5.97 Å². The first kappa shape index (κ1) is 12.4. The van der Waals surface area contributed by atoms with Crippen molar-refractivity contribution >= 4 is 17.6 Å². The van der Waals surface area contributed by atoms with Crippen molar-refractivity contribution in [3.8, 4) is 0 Å². The molecule has 2 heteroatoms. The van der Waals surface area contributed by atoms with E-state index in [-0.39, 0.29) is 5.97 Å². The maximum Gasteiger partial charge on any atom is 0.336 e. The summed E-state index contributed by atoms with van der Waals surface area (Å²) in [6.07, 6.45) is 3.44. The minimum absolute atomic E-state index is 0.317. The maximum atomic E-state index is 11.6. The Labute approximate surface area is 118 Å². The predicted octanol–water partition coefficient (Wildman–Crippen LogP) is 3.98. The van der Waals surface area contributed by atoms with Crippen molar-refractivity contribution in [2.24, 2.45) is 0 Å². The Balaban J connectivity index is 2.01. The van der Waals surface area contributed by atoms with Gasteiger partial charge in [-0.25, -0.2) is 4.79 Å². The molecule has 0 amide bonds. The maximum absolute atomic E-state index is 11.6. The Morgan fingerprint density at radius 1 is 1.00 bits per heavy atom. The molecule has 2 nitrogen and oxygen atoms in total. The first-order chi connectivity index (χ1) is 9.72. The number of aryl methyl sites for hydroxylation is 1. The molecule has 0 aliphatic carbocycles. The summed E-state index contributed by atoms with van der Waals surface area (Å²) >= 11 is 0. The fourth-order valence-corrected chi connectivity index (χ4v) is 2.24. The molecule has 2 aromatic carbocycles. The quantitative estimate of drug-likeness (QED) is 0.765. The van der Waals surface area contributed by atoms with E-state index in [9.17, 15) is 4.79 Å². The summed E-state index contributed by atoms with van der Waals surface area (Å²) in [5.41, 5.74) is 4.01. The first-order valence-electron chi connectivity index (χ1n) is 6.50. The van der Waals surface area contributed by atoms with Crippen molar-refractivity contribution in [2.75, 3.05) is 0 Å². The van der Waals surface area contributed by atoms with Crippen LogP contribution in [0.2, 0.25) is 0 Å². The fraction of sp³-hybridized carbons (Fsp3) is 0.0556. The molecule has 1 heterocycles. The molecule has 1 aliphatic heterocycles. The molecule has 1 aliphatic rings. The number of cyclic esters (lactones) is 1. The van der Waals surface area contributed by atoms with Gasteiger partial charge in [-0.1, -0.05) is 60.2 Å². The zero-order valence-corrected chi connectivity index (χ0v) is 11.2. The number of rotatable bonds is 2. The number of hydrogen-bond acceptors (Lipinski definition) is 2. The summed E-state index contributed by atoms with van der Waals surface area (Å²) in [6, 6.07) is 17.9. The zero-order valence-electron chi connectivity index (χ0n) is 11.2. The largest absolute Gasteiger partial charge is 0.423 e. The number of ether oxygens (including phenoxy) is 1. The second-order valence-electron chi connectivity index (χ2n) is 4.77. The molecule has 0 aromatic heterocycles. The van der Waals surface area contributed by atoms with E-state index in [2.05, 4.69) is 6.07 Å². The minimum Gasteiger partial charge on any atom is -0.423 e. The van der Waals surface area contributed by atoms with Crippen LogP contribution in [-0.4, -0.2) is 5.97 Å². The van der Waals surface area contributed by atoms with E-state index < -0.39 is 0 Å². The molecule has 98 valence electrons. The van der Waals surface area contributed by atoms with Gasteiger partial charge in [-0.05, 0) is 24.1 Å². The highest BCUT2D eigenvalue weighted by Crippen LogP contribution is 2.30. The van der Waals surface area contributed by atoms with Crippen molar-refractivity contribution in [2.45, 2.75) is 6.92 Å². The van der Waals surface area contributed by atoms with Crippen molar-refractivity contribution < 1.29 is 9.53 Å². The Morgan fingerprint density at radius 3 is 2.55 bits per heavy atom. The van der Waals surface area contributed by atoms with Gasteiger partial charge in [-0.2, -0.15) is 0 Å². The van der Waals surface area contributed by atoms with Crippen LogP contribution in [0.25, 0.3) is 11.6 Å². The lowest BCUT2D eigenvalue weighted by Crippen LogP contribution is -1.91. The van der Waals surface area contributed by atoms with Gasteiger partial charge in [-0.15, -0.1) is 0 Å². The first-order valence-corrected chi connectivity index (χ1v) is 6.50. The number of esters is 1. The Morgan fingerprint density at radius 2 is 1.80 bits per heavy atom. The van der Waals surface area contributed by atoms with Crippen molar-refractivity contribution in [3.05, 3.63) is 83.1 Å². The Bertz CT molecular complexity index is 709. The second-order valence-corrected chi connectivity index (χ2v) is 4.77. The number of hydrogen-bond donors (Lipinski definition) is 0. The van der Waals surface area contributed by atoms with Crippen LogP contribution in [0.5, 0.6) is 0 Å². The van der Waals surface area contributed by atoms with Crippen LogP contribution in [-0.2, 0) is 9.53 Å². The Kier molecular flexibility index (Phi) is 3.21. The SMILES string of the molecule is Cc1cccc(/C=C2\OC(=O)C=C2c2ccccc2)c1. The van der Waals surface area contributed by atoms with Gasteiger partial charge in [0.2, 0.25) is 0 Å². The average Bonchev–Trinajstić information content (AvgIpc) is 2.80. The summed E-state index contributed by atoms with van der Waals surface area (Å²) in [6.45, 7) is 2.04. The number of benzene rings is 2.